The summed E-state index contributed by atoms with van der Waals surface area (Å²) < 4.78 is 22.3. The van der Waals surface area contributed by atoms with Crippen molar-refractivity contribution in [2.75, 3.05) is 38.5 Å². The fraction of sp³-hybridized carbons (Fsp3) is 0.440. The van der Waals surface area contributed by atoms with Crippen LogP contribution in [0.3, 0.4) is 0 Å². The average molecular weight is 453 g/mol. The molecule has 174 valence electrons. The Morgan fingerprint density at radius 3 is 2.67 bits per heavy atom. The molecule has 1 aliphatic carbocycles. The maximum Gasteiger partial charge on any atom is 0.257 e. The van der Waals surface area contributed by atoms with Gasteiger partial charge in [0, 0.05) is 42.8 Å². The molecule has 0 radical (unpaired) electrons. The van der Waals surface area contributed by atoms with Crippen molar-refractivity contribution in [1.82, 2.24) is 5.32 Å². The van der Waals surface area contributed by atoms with Gasteiger partial charge in [-0.1, -0.05) is 12.1 Å². The van der Waals surface area contributed by atoms with Crippen LogP contribution in [0.4, 0.5) is 5.69 Å². The Morgan fingerprint density at radius 2 is 1.85 bits per heavy atom. The van der Waals surface area contributed by atoms with Gasteiger partial charge in [0.2, 0.25) is 12.7 Å². The van der Waals surface area contributed by atoms with Crippen LogP contribution in [0.25, 0.3) is 0 Å². The van der Waals surface area contributed by atoms with E-state index in [-0.39, 0.29) is 36.5 Å². The normalized spacial score (nSPS) is 18.4. The molecule has 0 bridgehead atoms. The van der Waals surface area contributed by atoms with E-state index in [4.69, 9.17) is 18.9 Å². The van der Waals surface area contributed by atoms with Gasteiger partial charge in [-0.25, -0.2) is 0 Å². The summed E-state index contributed by atoms with van der Waals surface area (Å²) in [6.07, 6.45) is 3.50. The molecule has 1 saturated heterocycles. The van der Waals surface area contributed by atoms with Crippen LogP contribution >= 0.6 is 0 Å². The molecule has 2 aliphatic heterocycles. The summed E-state index contributed by atoms with van der Waals surface area (Å²) in [5.41, 5.74) is 1.55. The summed E-state index contributed by atoms with van der Waals surface area (Å²) in [7, 11) is 0. The molecule has 2 aromatic rings. The lowest BCUT2D eigenvalue weighted by molar-refractivity contribution is -0.123. The predicted octanol–water partition coefficient (Wildman–Crippen LogP) is 3.01. The zero-order valence-corrected chi connectivity index (χ0v) is 18.4. The number of benzene rings is 2. The van der Waals surface area contributed by atoms with Crippen molar-refractivity contribution in [3.05, 3.63) is 48.0 Å². The van der Waals surface area contributed by atoms with Gasteiger partial charge < -0.3 is 29.6 Å². The van der Waals surface area contributed by atoms with E-state index in [1.807, 2.05) is 24.3 Å². The molecule has 0 unspecified atom stereocenters. The van der Waals surface area contributed by atoms with Crippen LogP contribution in [0, 0.1) is 5.92 Å². The summed E-state index contributed by atoms with van der Waals surface area (Å²) in [6.45, 7) is 1.89. The second kappa shape index (κ2) is 9.31. The SMILES string of the molecule is O=C(COc1cccc(NC(=O)C2CC2)c1)NCC1(c2ccc3c(c2)OCO3)CCOCC1. The second-order valence-corrected chi connectivity index (χ2v) is 8.82. The van der Waals surface area contributed by atoms with E-state index in [9.17, 15) is 9.59 Å². The number of amides is 2. The topological polar surface area (TPSA) is 95.1 Å². The Bertz CT molecular complexity index is 1030. The third kappa shape index (κ3) is 5.06. The molecule has 3 aliphatic rings. The Morgan fingerprint density at radius 1 is 1.03 bits per heavy atom. The Balaban J connectivity index is 1.18. The minimum absolute atomic E-state index is 0.0372. The molecule has 1 saturated carbocycles. The highest BCUT2D eigenvalue weighted by Gasteiger charge is 2.36. The molecule has 2 N–H and O–H groups in total. The first-order valence-corrected chi connectivity index (χ1v) is 11.4. The van der Waals surface area contributed by atoms with Gasteiger partial charge in [0.25, 0.3) is 5.91 Å². The van der Waals surface area contributed by atoms with E-state index < -0.39 is 0 Å². The molecule has 2 heterocycles. The number of rotatable bonds is 8. The summed E-state index contributed by atoms with van der Waals surface area (Å²) in [4.78, 5) is 24.6. The predicted molar refractivity (Wildman–Crippen MR) is 121 cm³/mol. The maximum atomic E-state index is 12.6. The Kier molecular flexibility index (Phi) is 6.09. The van der Waals surface area contributed by atoms with Crippen LogP contribution in [0.5, 0.6) is 17.2 Å². The van der Waals surface area contributed by atoms with Crippen molar-refractivity contribution in [2.45, 2.75) is 31.1 Å². The molecule has 8 heteroatoms. The van der Waals surface area contributed by atoms with Gasteiger partial charge >= 0.3 is 0 Å². The van der Waals surface area contributed by atoms with Crippen molar-refractivity contribution in [3.63, 3.8) is 0 Å². The molecule has 8 nitrogen and oxygen atoms in total. The minimum atomic E-state index is -0.234. The monoisotopic (exact) mass is 452 g/mol. The van der Waals surface area contributed by atoms with Crippen molar-refractivity contribution >= 4 is 17.5 Å². The summed E-state index contributed by atoms with van der Waals surface area (Å²) in [6, 6.07) is 13.1. The van der Waals surface area contributed by atoms with Crippen LogP contribution < -0.4 is 24.8 Å². The van der Waals surface area contributed by atoms with Gasteiger partial charge in [0.15, 0.2) is 18.1 Å². The van der Waals surface area contributed by atoms with Crippen molar-refractivity contribution < 1.29 is 28.5 Å². The van der Waals surface area contributed by atoms with Gasteiger partial charge in [-0.15, -0.1) is 0 Å². The maximum absolute atomic E-state index is 12.6. The number of fused-ring (bicyclic) bond motifs is 1. The molecule has 2 aromatic carbocycles. The van der Waals surface area contributed by atoms with Crippen LogP contribution in [-0.2, 0) is 19.7 Å². The van der Waals surface area contributed by atoms with Crippen LogP contribution in [-0.4, -0.2) is 45.0 Å². The number of carbonyl (C=O) groups is 2. The first kappa shape index (κ1) is 21.6. The summed E-state index contributed by atoms with van der Waals surface area (Å²) >= 11 is 0. The first-order valence-electron chi connectivity index (χ1n) is 11.4. The minimum Gasteiger partial charge on any atom is -0.484 e. The van der Waals surface area contributed by atoms with Crippen LogP contribution in [0.1, 0.15) is 31.2 Å². The highest BCUT2D eigenvalue weighted by molar-refractivity contribution is 5.94. The zero-order chi connectivity index (χ0) is 22.7. The molecule has 0 aromatic heterocycles. The van der Waals surface area contributed by atoms with E-state index in [2.05, 4.69) is 10.6 Å². The fourth-order valence-electron chi connectivity index (χ4n) is 4.28. The van der Waals surface area contributed by atoms with Crippen molar-refractivity contribution in [1.29, 1.82) is 0 Å². The molecule has 0 spiro atoms. The molecule has 33 heavy (non-hydrogen) atoms. The van der Waals surface area contributed by atoms with E-state index in [0.717, 1.165) is 42.7 Å². The third-order valence-electron chi connectivity index (χ3n) is 6.48. The lowest BCUT2D eigenvalue weighted by atomic mass is 9.74. The largest absolute Gasteiger partial charge is 0.484 e. The summed E-state index contributed by atoms with van der Waals surface area (Å²) in [5, 5.41) is 5.93. The fourth-order valence-corrected chi connectivity index (χ4v) is 4.28. The quantitative estimate of drug-likeness (QED) is 0.639. The number of hydrogen-bond acceptors (Lipinski definition) is 6. The van der Waals surface area contributed by atoms with E-state index in [1.165, 1.54) is 0 Å². The van der Waals surface area contributed by atoms with E-state index in [0.29, 0.717) is 31.2 Å². The van der Waals surface area contributed by atoms with Crippen molar-refractivity contribution in [3.8, 4) is 17.2 Å². The first-order chi connectivity index (χ1) is 16.1. The number of nitrogens with one attached hydrogen (secondary N) is 2. The van der Waals surface area contributed by atoms with Gasteiger partial charge in [0.1, 0.15) is 5.75 Å². The molecule has 0 atom stereocenters. The van der Waals surface area contributed by atoms with Gasteiger partial charge in [-0.2, -0.15) is 0 Å². The third-order valence-corrected chi connectivity index (χ3v) is 6.48. The number of ether oxygens (including phenoxy) is 4. The van der Waals surface area contributed by atoms with Gasteiger partial charge in [-0.3, -0.25) is 9.59 Å². The molecular formula is C25H28N2O6. The highest BCUT2D eigenvalue weighted by atomic mass is 16.7. The molecule has 2 amide bonds. The van der Waals surface area contributed by atoms with Crippen LogP contribution in [0.15, 0.2) is 42.5 Å². The number of hydrogen-bond donors (Lipinski definition) is 2. The molecular weight excluding hydrogens is 424 g/mol. The molecule has 5 rings (SSSR count). The van der Waals surface area contributed by atoms with Crippen molar-refractivity contribution in [2.24, 2.45) is 5.92 Å². The Hall–Kier alpha value is -3.26. The van der Waals surface area contributed by atoms with Crippen LogP contribution in [0.2, 0.25) is 0 Å². The lowest BCUT2D eigenvalue weighted by Gasteiger charge is -2.38. The molecule has 2 fully saturated rings. The average Bonchev–Trinajstić information content (AvgIpc) is 3.59. The second-order valence-electron chi connectivity index (χ2n) is 8.82. The van der Waals surface area contributed by atoms with Gasteiger partial charge in [0.05, 0.1) is 0 Å². The Labute approximate surface area is 192 Å². The highest BCUT2D eigenvalue weighted by Crippen LogP contribution is 2.40. The number of anilines is 1. The van der Waals surface area contributed by atoms with E-state index >= 15 is 0 Å². The standard InChI is InChI=1S/C25H28N2O6/c28-23(14-31-20-3-1-2-19(13-20)27-24(29)17-4-5-17)26-15-25(8-10-30-11-9-25)18-6-7-21-22(12-18)33-16-32-21/h1-3,6-7,12-13,17H,4-5,8-11,14-16H2,(H,26,28)(H,27,29). The number of carbonyl (C=O) groups excluding carboxylic acids is 2. The van der Waals surface area contributed by atoms with E-state index in [1.54, 1.807) is 18.2 Å². The summed E-state index contributed by atoms with van der Waals surface area (Å²) in [5.74, 6) is 1.98. The van der Waals surface area contributed by atoms with Gasteiger partial charge in [-0.05, 0) is 55.5 Å². The smallest absolute Gasteiger partial charge is 0.257 e. The lowest BCUT2D eigenvalue weighted by Crippen LogP contribution is -2.45. The zero-order valence-electron chi connectivity index (χ0n) is 18.4.